The average Bonchev–Trinajstić information content (AvgIpc) is 3.22. The molecule has 0 radical (unpaired) electrons. The fourth-order valence-electron chi connectivity index (χ4n) is 3.03. The maximum atomic E-state index is 12.9. The van der Waals surface area contributed by atoms with Crippen molar-refractivity contribution in [2.75, 3.05) is 6.54 Å². The van der Waals surface area contributed by atoms with E-state index in [1.54, 1.807) is 53.1 Å². The minimum Gasteiger partial charge on any atom is -0.366 e. The smallest absolute Gasteiger partial charge is 0.253 e. The second kappa shape index (κ2) is 11.5. The van der Waals surface area contributed by atoms with Crippen molar-refractivity contribution in [3.63, 3.8) is 0 Å². The quantitative estimate of drug-likeness (QED) is 0.405. The summed E-state index contributed by atoms with van der Waals surface area (Å²) in [6.07, 6.45) is 5.34. The molecule has 2 heterocycles. The lowest BCUT2D eigenvalue weighted by Gasteiger charge is -2.09. The van der Waals surface area contributed by atoms with Crippen LogP contribution in [0.5, 0.6) is 0 Å². The molecule has 2 aromatic heterocycles. The first-order valence-corrected chi connectivity index (χ1v) is 10.4. The zero-order valence-corrected chi connectivity index (χ0v) is 18.6. The van der Waals surface area contributed by atoms with Crippen molar-refractivity contribution in [1.29, 1.82) is 0 Å². The van der Waals surface area contributed by atoms with Crippen LogP contribution in [0.4, 0.5) is 0 Å². The largest absolute Gasteiger partial charge is 0.366 e. The molecule has 0 aliphatic carbocycles. The molecule has 3 N–H and O–H groups in total. The van der Waals surface area contributed by atoms with Gasteiger partial charge in [0.25, 0.3) is 5.91 Å². The number of primary amides is 1. The van der Waals surface area contributed by atoms with Gasteiger partial charge in [-0.25, -0.2) is 0 Å². The molecule has 6 heteroatoms. The summed E-state index contributed by atoms with van der Waals surface area (Å²) in [6.45, 7) is 12.1. The summed E-state index contributed by atoms with van der Waals surface area (Å²) in [4.78, 5) is 36.7. The number of nitrogens with one attached hydrogen (secondary N) is 1. The van der Waals surface area contributed by atoms with Crippen LogP contribution in [0.15, 0.2) is 79.5 Å². The summed E-state index contributed by atoms with van der Waals surface area (Å²) in [6, 6.07) is 13.0. The first-order chi connectivity index (χ1) is 15.3. The minimum absolute atomic E-state index is 0.224. The third-order valence-corrected chi connectivity index (χ3v) is 4.53. The Labute approximate surface area is 188 Å². The Morgan fingerprint density at radius 2 is 1.66 bits per heavy atom. The number of allylic oxidation sites excluding steroid dienone is 1. The number of aromatic nitrogens is 1. The molecule has 0 bridgehead atoms. The van der Waals surface area contributed by atoms with E-state index in [1.165, 1.54) is 18.6 Å². The highest BCUT2D eigenvalue weighted by Crippen LogP contribution is 2.19. The predicted octanol–water partition coefficient (Wildman–Crippen LogP) is 4.55. The zero-order chi connectivity index (χ0) is 23.7. The number of hydrogen-bond acceptors (Lipinski definition) is 3. The average molecular weight is 432 g/mol. The standard InChI is InChI=1S/C23H21N3O3.C3H8/c1-3-5-15(2)14-25-23(29)18-6-4-13-26-19(18)11-12-20(26)21(27)16-7-9-17(10-8-16)22(24)28;1-3-2/h3-4,6-13H,1-2,5,14H2,(H2,24,28)(H,25,29);3H2,1-2H3. The Kier molecular flexibility index (Phi) is 8.72. The van der Waals surface area contributed by atoms with E-state index >= 15 is 0 Å². The summed E-state index contributed by atoms with van der Waals surface area (Å²) >= 11 is 0. The number of carbonyl (C=O) groups is 3. The molecule has 0 aliphatic rings. The number of benzene rings is 1. The van der Waals surface area contributed by atoms with Crippen molar-refractivity contribution in [3.05, 3.63) is 102 Å². The van der Waals surface area contributed by atoms with Crippen molar-refractivity contribution in [3.8, 4) is 0 Å². The monoisotopic (exact) mass is 431 g/mol. The van der Waals surface area contributed by atoms with Crippen LogP contribution in [0.25, 0.3) is 5.52 Å². The number of fused-ring (bicyclic) bond motifs is 1. The van der Waals surface area contributed by atoms with E-state index in [2.05, 4.69) is 32.3 Å². The molecule has 0 aliphatic heterocycles. The van der Waals surface area contributed by atoms with Gasteiger partial charge in [0.2, 0.25) is 11.7 Å². The van der Waals surface area contributed by atoms with Gasteiger partial charge in [0.1, 0.15) is 0 Å². The van der Waals surface area contributed by atoms with Gasteiger partial charge >= 0.3 is 0 Å². The van der Waals surface area contributed by atoms with Gasteiger partial charge in [0.15, 0.2) is 0 Å². The minimum atomic E-state index is -0.552. The van der Waals surface area contributed by atoms with Gasteiger partial charge < -0.3 is 15.5 Å². The third kappa shape index (κ3) is 5.82. The van der Waals surface area contributed by atoms with Gasteiger partial charge in [0, 0.05) is 23.9 Å². The topological polar surface area (TPSA) is 93.7 Å². The van der Waals surface area contributed by atoms with Gasteiger partial charge in [-0.15, -0.1) is 6.58 Å². The molecule has 2 amide bonds. The van der Waals surface area contributed by atoms with Crippen molar-refractivity contribution < 1.29 is 14.4 Å². The molecule has 3 rings (SSSR count). The van der Waals surface area contributed by atoms with Gasteiger partial charge in [-0.05, 0) is 42.8 Å². The highest BCUT2D eigenvalue weighted by Gasteiger charge is 2.17. The molecular formula is C26H29N3O3. The Balaban J connectivity index is 0.00000114. The lowest BCUT2D eigenvalue weighted by molar-refractivity contribution is 0.0955. The highest BCUT2D eigenvalue weighted by molar-refractivity contribution is 6.10. The molecule has 0 unspecified atom stereocenters. The maximum absolute atomic E-state index is 12.9. The molecule has 1 aromatic carbocycles. The van der Waals surface area contributed by atoms with Crippen molar-refractivity contribution >= 4 is 23.1 Å². The van der Waals surface area contributed by atoms with E-state index < -0.39 is 5.91 Å². The van der Waals surface area contributed by atoms with Crippen molar-refractivity contribution in [2.45, 2.75) is 26.7 Å². The molecule has 6 nitrogen and oxygen atoms in total. The van der Waals surface area contributed by atoms with Crippen LogP contribution in [0, 0.1) is 0 Å². The Morgan fingerprint density at radius 1 is 1.03 bits per heavy atom. The van der Waals surface area contributed by atoms with E-state index in [9.17, 15) is 14.4 Å². The summed E-state index contributed by atoms with van der Waals surface area (Å²) in [5, 5.41) is 2.83. The number of hydrogen-bond donors (Lipinski definition) is 2. The lowest BCUT2D eigenvalue weighted by atomic mass is 10.1. The molecule has 32 heavy (non-hydrogen) atoms. The number of nitrogens with two attached hydrogens (primary N) is 1. The number of carbonyl (C=O) groups excluding carboxylic acids is 3. The summed E-state index contributed by atoms with van der Waals surface area (Å²) < 4.78 is 1.68. The van der Waals surface area contributed by atoms with Gasteiger partial charge in [-0.1, -0.05) is 50.6 Å². The first-order valence-electron chi connectivity index (χ1n) is 10.4. The molecule has 3 aromatic rings. The maximum Gasteiger partial charge on any atom is 0.253 e. The predicted molar refractivity (Wildman–Crippen MR) is 128 cm³/mol. The summed E-state index contributed by atoms with van der Waals surface area (Å²) in [5.41, 5.74) is 8.34. The fraction of sp³-hybridized carbons (Fsp3) is 0.192. The Hall–Kier alpha value is -3.93. The van der Waals surface area contributed by atoms with Crippen LogP contribution in [-0.4, -0.2) is 28.5 Å². The lowest BCUT2D eigenvalue weighted by Crippen LogP contribution is -2.25. The van der Waals surface area contributed by atoms with Gasteiger partial charge in [-0.3, -0.25) is 14.4 Å². The molecule has 0 saturated carbocycles. The molecule has 0 spiro atoms. The second-order valence-electron chi connectivity index (χ2n) is 7.30. The number of nitrogens with zero attached hydrogens (tertiary/aromatic N) is 1. The Bertz CT molecular complexity index is 1140. The number of rotatable bonds is 8. The summed E-state index contributed by atoms with van der Waals surface area (Å²) in [7, 11) is 0. The van der Waals surface area contributed by atoms with Crippen LogP contribution in [-0.2, 0) is 0 Å². The SMILES string of the molecule is C=CCC(=C)CNC(=O)c1cccn2c(C(=O)c3ccc(C(N)=O)cc3)ccc12.CCC. The van der Waals surface area contributed by atoms with E-state index in [0.717, 1.165) is 5.57 Å². The van der Waals surface area contributed by atoms with Crippen LogP contribution < -0.4 is 11.1 Å². The van der Waals surface area contributed by atoms with Crippen LogP contribution >= 0.6 is 0 Å². The number of ketones is 1. The van der Waals surface area contributed by atoms with Gasteiger partial charge in [-0.2, -0.15) is 0 Å². The van der Waals surface area contributed by atoms with Crippen molar-refractivity contribution in [2.24, 2.45) is 5.73 Å². The molecular weight excluding hydrogens is 402 g/mol. The number of amides is 2. The molecule has 166 valence electrons. The molecule has 0 atom stereocenters. The van der Waals surface area contributed by atoms with Crippen molar-refractivity contribution in [1.82, 2.24) is 9.72 Å². The normalized spacial score (nSPS) is 10.1. The highest BCUT2D eigenvalue weighted by atomic mass is 16.2. The van der Waals surface area contributed by atoms with E-state index in [4.69, 9.17) is 5.73 Å². The van der Waals surface area contributed by atoms with E-state index in [-0.39, 0.29) is 11.7 Å². The van der Waals surface area contributed by atoms with Crippen LogP contribution in [0.2, 0.25) is 0 Å². The third-order valence-electron chi connectivity index (χ3n) is 4.53. The van der Waals surface area contributed by atoms with E-state index in [1.807, 2.05) is 0 Å². The summed E-state index contributed by atoms with van der Waals surface area (Å²) in [5.74, 6) is -1.02. The number of pyridine rings is 1. The fourth-order valence-corrected chi connectivity index (χ4v) is 3.03. The first kappa shape index (κ1) is 24.3. The molecule has 0 saturated heterocycles. The van der Waals surface area contributed by atoms with Crippen LogP contribution in [0.3, 0.4) is 0 Å². The van der Waals surface area contributed by atoms with E-state index in [0.29, 0.717) is 40.9 Å². The Morgan fingerprint density at radius 3 is 2.25 bits per heavy atom. The zero-order valence-electron chi connectivity index (χ0n) is 18.6. The van der Waals surface area contributed by atoms with Crippen LogP contribution in [0.1, 0.15) is 63.5 Å². The second-order valence-corrected chi connectivity index (χ2v) is 7.30. The molecule has 0 fully saturated rings. The van der Waals surface area contributed by atoms with Gasteiger partial charge in [0.05, 0.1) is 16.8 Å².